The Hall–Kier alpha value is -2.31. The lowest BCUT2D eigenvalue weighted by Gasteiger charge is -2.16. The normalized spacial score (nSPS) is 21.4. The molecule has 2 atom stereocenters. The minimum atomic E-state index is -0.360. The fraction of sp³-hybridized carbons (Fsp3) is 0.211. The van der Waals surface area contributed by atoms with Gasteiger partial charge in [0.1, 0.15) is 23.0 Å². The fourth-order valence-corrected chi connectivity index (χ4v) is 4.67. The number of carbonyl (C=O) groups is 3. The van der Waals surface area contributed by atoms with E-state index in [4.69, 9.17) is 16.3 Å². The van der Waals surface area contributed by atoms with Crippen LogP contribution in [0.25, 0.3) is 0 Å². The summed E-state index contributed by atoms with van der Waals surface area (Å²) in [7, 11) is 0. The first kappa shape index (κ1) is 17.1. The standard InChI is InChI=1S/C19H14ClNO4S/c20-15-7-10(9-22)1-6-16(15)25-12-3-5-13-11(8-12)2-4-14(13)17-18(23)21-19(24)26-17/h1,3,5-9,14,17H,2,4H2,(H,21,23,24)/t14-,17?/m1/s1. The molecule has 1 N–H and O–H groups in total. The molecule has 0 saturated carbocycles. The van der Waals surface area contributed by atoms with Gasteiger partial charge in [-0.1, -0.05) is 29.4 Å². The Morgan fingerprint density at radius 1 is 1.19 bits per heavy atom. The van der Waals surface area contributed by atoms with Gasteiger partial charge in [-0.3, -0.25) is 19.7 Å². The Balaban J connectivity index is 1.56. The summed E-state index contributed by atoms with van der Waals surface area (Å²) < 4.78 is 5.85. The summed E-state index contributed by atoms with van der Waals surface area (Å²) in [6.07, 6.45) is 2.38. The molecular formula is C19H14ClNO4S. The van der Waals surface area contributed by atoms with Crippen molar-refractivity contribution in [3.8, 4) is 11.5 Å². The van der Waals surface area contributed by atoms with E-state index in [1.165, 1.54) is 0 Å². The number of hydrogen-bond acceptors (Lipinski definition) is 5. The van der Waals surface area contributed by atoms with Crippen LogP contribution in [0.5, 0.6) is 11.5 Å². The van der Waals surface area contributed by atoms with Gasteiger partial charge < -0.3 is 4.74 Å². The molecule has 4 rings (SSSR count). The highest BCUT2D eigenvalue weighted by Crippen LogP contribution is 2.43. The van der Waals surface area contributed by atoms with Gasteiger partial charge in [0.05, 0.1) is 5.02 Å². The third kappa shape index (κ3) is 3.10. The number of aryl methyl sites for hydroxylation is 1. The van der Waals surface area contributed by atoms with E-state index in [1.54, 1.807) is 18.2 Å². The second-order valence-electron chi connectivity index (χ2n) is 6.23. The number of ether oxygens (including phenoxy) is 1. The predicted octanol–water partition coefficient (Wildman–Crippen LogP) is 4.33. The molecule has 0 spiro atoms. The van der Waals surface area contributed by atoms with E-state index in [0.29, 0.717) is 22.1 Å². The first-order valence-electron chi connectivity index (χ1n) is 8.12. The van der Waals surface area contributed by atoms with Crippen molar-refractivity contribution in [2.75, 3.05) is 0 Å². The van der Waals surface area contributed by atoms with Crippen LogP contribution in [0.15, 0.2) is 36.4 Å². The number of rotatable bonds is 4. The van der Waals surface area contributed by atoms with E-state index in [0.717, 1.165) is 42.0 Å². The second-order valence-corrected chi connectivity index (χ2v) is 7.75. The molecule has 2 amide bonds. The van der Waals surface area contributed by atoms with Crippen LogP contribution in [-0.2, 0) is 11.2 Å². The van der Waals surface area contributed by atoms with Crippen LogP contribution >= 0.6 is 23.4 Å². The number of thioether (sulfide) groups is 1. The third-order valence-corrected chi connectivity index (χ3v) is 6.05. The third-order valence-electron chi connectivity index (χ3n) is 4.64. The summed E-state index contributed by atoms with van der Waals surface area (Å²) in [5.41, 5.74) is 2.68. The van der Waals surface area contributed by atoms with Gasteiger partial charge in [-0.25, -0.2) is 0 Å². The largest absolute Gasteiger partial charge is 0.456 e. The molecule has 1 aliphatic carbocycles. The van der Waals surface area contributed by atoms with Gasteiger partial charge in [0.15, 0.2) is 0 Å². The molecular weight excluding hydrogens is 374 g/mol. The maximum atomic E-state index is 12.0. The van der Waals surface area contributed by atoms with Crippen molar-refractivity contribution in [3.05, 3.63) is 58.1 Å². The Labute approximate surface area is 159 Å². The fourth-order valence-electron chi connectivity index (χ4n) is 3.44. The number of amides is 2. The van der Waals surface area contributed by atoms with Crippen LogP contribution in [0.3, 0.4) is 0 Å². The van der Waals surface area contributed by atoms with E-state index in [2.05, 4.69) is 5.32 Å². The number of nitrogens with one attached hydrogen (secondary N) is 1. The van der Waals surface area contributed by atoms with Gasteiger partial charge in [-0.15, -0.1) is 0 Å². The van der Waals surface area contributed by atoms with Gasteiger partial charge in [0.2, 0.25) is 5.91 Å². The maximum absolute atomic E-state index is 12.0. The van der Waals surface area contributed by atoms with Crippen molar-refractivity contribution in [2.45, 2.75) is 24.0 Å². The van der Waals surface area contributed by atoms with Gasteiger partial charge in [0, 0.05) is 11.5 Å². The number of imide groups is 1. The summed E-state index contributed by atoms with van der Waals surface area (Å²) in [4.78, 5) is 34.2. The number of hydrogen-bond donors (Lipinski definition) is 1. The Kier molecular flexibility index (Phi) is 4.46. The smallest absolute Gasteiger partial charge is 0.286 e. The highest BCUT2D eigenvalue weighted by molar-refractivity contribution is 8.15. The maximum Gasteiger partial charge on any atom is 0.286 e. The van der Waals surface area contributed by atoms with Crippen LogP contribution in [-0.4, -0.2) is 22.7 Å². The number of fused-ring (bicyclic) bond motifs is 1. The van der Waals surface area contributed by atoms with E-state index in [1.807, 2.05) is 18.2 Å². The molecule has 0 aromatic heterocycles. The van der Waals surface area contributed by atoms with Gasteiger partial charge in [-0.2, -0.15) is 0 Å². The number of aldehydes is 1. The molecule has 2 aromatic rings. The zero-order valence-corrected chi connectivity index (χ0v) is 15.1. The van der Waals surface area contributed by atoms with Crippen LogP contribution in [0.2, 0.25) is 5.02 Å². The van der Waals surface area contributed by atoms with E-state index in [9.17, 15) is 14.4 Å². The van der Waals surface area contributed by atoms with Crippen molar-refractivity contribution in [1.29, 1.82) is 0 Å². The van der Waals surface area contributed by atoms with Crippen molar-refractivity contribution >= 4 is 40.8 Å². The Morgan fingerprint density at radius 3 is 2.73 bits per heavy atom. The Morgan fingerprint density at radius 2 is 2.04 bits per heavy atom. The number of carbonyl (C=O) groups excluding carboxylic acids is 3. The molecule has 1 fully saturated rings. The van der Waals surface area contributed by atoms with E-state index >= 15 is 0 Å². The van der Waals surface area contributed by atoms with Gasteiger partial charge in [0.25, 0.3) is 5.24 Å². The van der Waals surface area contributed by atoms with E-state index in [-0.39, 0.29) is 22.3 Å². The molecule has 1 heterocycles. The van der Waals surface area contributed by atoms with Crippen molar-refractivity contribution in [1.82, 2.24) is 5.32 Å². The van der Waals surface area contributed by atoms with Crippen LogP contribution < -0.4 is 10.1 Å². The molecule has 1 saturated heterocycles. The molecule has 7 heteroatoms. The quantitative estimate of drug-likeness (QED) is 0.790. The van der Waals surface area contributed by atoms with Crippen molar-refractivity contribution < 1.29 is 19.1 Å². The molecule has 5 nitrogen and oxygen atoms in total. The predicted molar refractivity (Wildman–Crippen MR) is 99.3 cm³/mol. The first-order valence-corrected chi connectivity index (χ1v) is 9.38. The summed E-state index contributed by atoms with van der Waals surface area (Å²) in [5, 5.41) is 2.08. The molecule has 0 bridgehead atoms. The lowest BCUT2D eigenvalue weighted by atomic mass is 9.97. The average Bonchev–Trinajstić information content (AvgIpc) is 3.18. The average molecular weight is 388 g/mol. The minimum Gasteiger partial charge on any atom is -0.456 e. The SMILES string of the molecule is O=Cc1ccc(Oc2ccc3c(c2)CC[C@H]3C2SC(=O)NC2=O)c(Cl)c1. The summed E-state index contributed by atoms with van der Waals surface area (Å²) >= 11 is 7.22. The van der Waals surface area contributed by atoms with Crippen LogP contribution in [0.1, 0.15) is 33.8 Å². The van der Waals surface area contributed by atoms with Gasteiger partial charge in [-0.05, 0) is 54.3 Å². The molecule has 0 radical (unpaired) electrons. The molecule has 2 aromatic carbocycles. The molecule has 132 valence electrons. The lowest BCUT2D eigenvalue weighted by Crippen LogP contribution is -2.27. The van der Waals surface area contributed by atoms with Crippen LogP contribution in [0, 0.1) is 0 Å². The summed E-state index contributed by atoms with van der Waals surface area (Å²) in [5.74, 6) is 0.944. The summed E-state index contributed by atoms with van der Waals surface area (Å²) in [6.45, 7) is 0. The minimum absolute atomic E-state index is 0.0333. The highest BCUT2D eigenvalue weighted by atomic mass is 35.5. The van der Waals surface area contributed by atoms with Crippen molar-refractivity contribution in [3.63, 3.8) is 0 Å². The van der Waals surface area contributed by atoms with Crippen molar-refractivity contribution in [2.24, 2.45) is 0 Å². The lowest BCUT2D eigenvalue weighted by molar-refractivity contribution is -0.119. The monoisotopic (exact) mass is 387 g/mol. The zero-order valence-electron chi connectivity index (χ0n) is 13.5. The number of halogens is 1. The highest BCUT2D eigenvalue weighted by Gasteiger charge is 2.41. The zero-order chi connectivity index (χ0) is 18.3. The number of benzene rings is 2. The van der Waals surface area contributed by atoms with Gasteiger partial charge >= 0.3 is 0 Å². The molecule has 2 aliphatic rings. The molecule has 1 unspecified atom stereocenters. The summed E-state index contributed by atoms with van der Waals surface area (Å²) in [6, 6.07) is 10.6. The van der Waals surface area contributed by atoms with E-state index < -0.39 is 0 Å². The second kappa shape index (κ2) is 6.78. The first-order chi connectivity index (χ1) is 12.5. The molecule has 26 heavy (non-hydrogen) atoms. The topological polar surface area (TPSA) is 72.5 Å². The Bertz CT molecular complexity index is 930. The van der Waals surface area contributed by atoms with Crippen LogP contribution in [0.4, 0.5) is 4.79 Å². The molecule has 1 aliphatic heterocycles.